The Morgan fingerprint density at radius 2 is 2.05 bits per heavy atom. The summed E-state index contributed by atoms with van der Waals surface area (Å²) >= 11 is 0. The Kier molecular flexibility index (Phi) is 3.55. The molecule has 3 rings (SSSR count). The van der Waals surface area contributed by atoms with Crippen molar-refractivity contribution in [1.29, 1.82) is 0 Å². The standard InChI is InChI=1S/C16H14N2O3/c1-20-12-6-4-5-11(9-12)10-21-16(19)15-13-7-2-3-8-14(13)17-18-15/h2-9H,10H2,1H3,(H,17,18). The Balaban J connectivity index is 1.74. The molecule has 0 bridgehead atoms. The number of esters is 1. The molecule has 1 aromatic heterocycles. The molecule has 0 aliphatic rings. The summed E-state index contributed by atoms with van der Waals surface area (Å²) < 4.78 is 10.4. The van der Waals surface area contributed by atoms with Gasteiger partial charge < -0.3 is 9.47 Å². The summed E-state index contributed by atoms with van der Waals surface area (Å²) in [6, 6.07) is 14.8. The highest BCUT2D eigenvalue weighted by Crippen LogP contribution is 2.17. The summed E-state index contributed by atoms with van der Waals surface area (Å²) in [5.41, 5.74) is 1.97. The molecule has 0 radical (unpaired) electrons. The van der Waals surface area contributed by atoms with E-state index in [2.05, 4.69) is 10.2 Å². The number of methoxy groups -OCH3 is 1. The van der Waals surface area contributed by atoms with E-state index in [1.807, 2.05) is 48.5 Å². The van der Waals surface area contributed by atoms with Gasteiger partial charge in [0, 0.05) is 5.39 Å². The average Bonchev–Trinajstić information content (AvgIpc) is 2.97. The van der Waals surface area contributed by atoms with Gasteiger partial charge in [-0.25, -0.2) is 4.79 Å². The first-order valence-electron chi connectivity index (χ1n) is 6.51. The van der Waals surface area contributed by atoms with Crippen molar-refractivity contribution < 1.29 is 14.3 Å². The van der Waals surface area contributed by atoms with Crippen molar-refractivity contribution in [1.82, 2.24) is 10.2 Å². The third kappa shape index (κ3) is 2.72. The van der Waals surface area contributed by atoms with E-state index in [4.69, 9.17) is 9.47 Å². The van der Waals surface area contributed by atoms with Crippen molar-refractivity contribution in [3.63, 3.8) is 0 Å². The molecular weight excluding hydrogens is 268 g/mol. The number of H-pyrrole nitrogens is 1. The van der Waals surface area contributed by atoms with Gasteiger partial charge in [0.1, 0.15) is 12.4 Å². The van der Waals surface area contributed by atoms with Crippen LogP contribution in [0.3, 0.4) is 0 Å². The van der Waals surface area contributed by atoms with Gasteiger partial charge >= 0.3 is 5.97 Å². The molecule has 106 valence electrons. The Morgan fingerprint density at radius 1 is 1.19 bits per heavy atom. The van der Waals surface area contributed by atoms with Gasteiger partial charge in [-0.2, -0.15) is 5.10 Å². The lowest BCUT2D eigenvalue weighted by Gasteiger charge is -2.05. The number of nitrogens with zero attached hydrogens (tertiary/aromatic N) is 1. The van der Waals surface area contributed by atoms with E-state index in [1.54, 1.807) is 7.11 Å². The predicted molar refractivity (Wildman–Crippen MR) is 78.2 cm³/mol. The molecule has 0 fully saturated rings. The molecule has 3 aromatic rings. The summed E-state index contributed by atoms with van der Waals surface area (Å²) in [6.07, 6.45) is 0. The molecule has 0 amide bonds. The number of hydrogen-bond donors (Lipinski definition) is 1. The van der Waals surface area contributed by atoms with Crippen molar-refractivity contribution in [3.8, 4) is 5.75 Å². The van der Waals surface area contributed by atoms with Crippen LogP contribution < -0.4 is 4.74 Å². The third-order valence-electron chi connectivity index (χ3n) is 3.17. The van der Waals surface area contributed by atoms with Crippen LogP contribution in [0, 0.1) is 0 Å². The molecule has 5 heteroatoms. The highest BCUT2D eigenvalue weighted by Gasteiger charge is 2.15. The molecule has 2 aromatic carbocycles. The van der Waals surface area contributed by atoms with E-state index in [1.165, 1.54) is 0 Å². The van der Waals surface area contributed by atoms with Gasteiger partial charge in [0.2, 0.25) is 0 Å². The number of benzene rings is 2. The molecule has 0 saturated heterocycles. The Hall–Kier alpha value is -2.82. The molecule has 5 nitrogen and oxygen atoms in total. The lowest BCUT2D eigenvalue weighted by Crippen LogP contribution is -2.06. The van der Waals surface area contributed by atoms with Crippen molar-refractivity contribution in [3.05, 3.63) is 59.8 Å². The SMILES string of the molecule is COc1cccc(COC(=O)c2n[nH]c3ccccc23)c1. The maximum absolute atomic E-state index is 12.1. The first kappa shape index (κ1) is 13.2. The molecule has 0 aliphatic heterocycles. The van der Waals surface area contributed by atoms with E-state index >= 15 is 0 Å². The summed E-state index contributed by atoms with van der Waals surface area (Å²) in [7, 11) is 1.60. The minimum atomic E-state index is -0.449. The number of carbonyl (C=O) groups is 1. The number of fused-ring (bicyclic) bond motifs is 1. The minimum Gasteiger partial charge on any atom is -0.497 e. The average molecular weight is 282 g/mol. The monoisotopic (exact) mass is 282 g/mol. The number of hydrogen-bond acceptors (Lipinski definition) is 4. The number of rotatable bonds is 4. The van der Waals surface area contributed by atoms with Gasteiger partial charge in [-0.05, 0) is 23.8 Å². The number of carbonyl (C=O) groups excluding carboxylic acids is 1. The predicted octanol–water partition coefficient (Wildman–Crippen LogP) is 2.93. The molecule has 0 unspecified atom stereocenters. The van der Waals surface area contributed by atoms with Crippen molar-refractivity contribution >= 4 is 16.9 Å². The molecule has 1 N–H and O–H groups in total. The minimum absolute atomic E-state index is 0.178. The first-order valence-corrected chi connectivity index (χ1v) is 6.51. The van der Waals surface area contributed by atoms with E-state index in [0.29, 0.717) is 5.69 Å². The fourth-order valence-corrected chi connectivity index (χ4v) is 2.10. The normalized spacial score (nSPS) is 10.5. The quantitative estimate of drug-likeness (QED) is 0.747. The largest absolute Gasteiger partial charge is 0.497 e. The molecule has 0 atom stereocenters. The van der Waals surface area contributed by atoms with Crippen LogP contribution in [0.1, 0.15) is 16.1 Å². The Bertz CT molecular complexity index is 780. The van der Waals surface area contributed by atoms with Crippen LogP contribution in [0.15, 0.2) is 48.5 Å². The Morgan fingerprint density at radius 3 is 2.90 bits per heavy atom. The molecule has 0 spiro atoms. The number of nitrogens with one attached hydrogen (secondary N) is 1. The highest BCUT2D eigenvalue weighted by molar-refractivity contribution is 6.01. The molecule has 0 aliphatic carbocycles. The summed E-state index contributed by atoms with van der Waals surface area (Å²) in [5.74, 6) is 0.282. The molecule has 1 heterocycles. The molecule has 0 saturated carbocycles. The van der Waals surface area contributed by atoms with Gasteiger partial charge in [-0.3, -0.25) is 5.10 Å². The second-order valence-electron chi connectivity index (χ2n) is 4.55. The van der Waals surface area contributed by atoms with Gasteiger partial charge in [0.25, 0.3) is 0 Å². The highest BCUT2D eigenvalue weighted by atomic mass is 16.5. The van der Waals surface area contributed by atoms with Gasteiger partial charge in [-0.15, -0.1) is 0 Å². The summed E-state index contributed by atoms with van der Waals surface area (Å²) in [6.45, 7) is 0.178. The van der Waals surface area contributed by atoms with Crippen LogP contribution in [0.5, 0.6) is 5.75 Å². The maximum atomic E-state index is 12.1. The summed E-state index contributed by atoms with van der Waals surface area (Å²) in [5, 5.41) is 7.59. The van der Waals surface area contributed by atoms with Crippen LogP contribution in [-0.4, -0.2) is 23.3 Å². The van der Waals surface area contributed by atoms with E-state index in [9.17, 15) is 4.79 Å². The van der Waals surface area contributed by atoms with Crippen LogP contribution in [0.2, 0.25) is 0 Å². The van der Waals surface area contributed by atoms with Crippen molar-refractivity contribution in [2.75, 3.05) is 7.11 Å². The van der Waals surface area contributed by atoms with E-state index in [0.717, 1.165) is 22.2 Å². The number of para-hydroxylation sites is 1. The maximum Gasteiger partial charge on any atom is 0.359 e. The van der Waals surface area contributed by atoms with Crippen LogP contribution in [-0.2, 0) is 11.3 Å². The smallest absolute Gasteiger partial charge is 0.359 e. The van der Waals surface area contributed by atoms with Crippen molar-refractivity contribution in [2.45, 2.75) is 6.61 Å². The zero-order valence-electron chi connectivity index (χ0n) is 11.5. The van der Waals surface area contributed by atoms with E-state index in [-0.39, 0.29) is 6.61 Å². The fraction of sp³-hybridized carbons (Fsp3) is 0.125. The van der Waals surface area contributed by atoms with Gasteiger partial charge in [0.15, 0.2) is 5.69 Å². The number of ether oxygens (including phenoxy) is 2. The van der Waals surface area contributed by atoms with E-state index < -0.39 is 5.97 Å². The number of aromatic amines is 1. The molecule has 21 heavy (non-hydrogen) atoms. The lowest BCUT2D eigenvalue weighted by atomic mass is 10.2. The number of aromatic nitrogens is 2. The molecular formula is C16H14N2O3. The Labute approximate surface area is 121 Å². The topological polar surface area (TPSA) is 64.2 Å². The fourth-order valence-electron chi connectivity index (χ4n) is 2.10. The summed E-state index contributed by atoms with van der Waals surface area (Å²) in [4.78, 5) is 12.1. The van der Waals surface area contributed by atoms with Gasteiger partial charge in [0.05, 0.1) is 12.6 Å². The third-order valence-corrected chi connectivity index (χ3v) is 3.17. The zero-order chi connectivity index (χ0) is 14.7. The second-order valence-corrected chi connectivity index (χ2v) is 4.55. The first-order chi connectivity index (χ1) is 10.3. The second kappa shape index (κ2) is 5.66. The lowest BCUT2D eigenvalue weighted by molar-refractivity contribution is 0.0467. The van der Waals surface area contributed by atoms with Crippen LogP contribution in [0.25, 0.3) is 10.9 Å². The van der Waals surface area contributed by atoms with Crippen LogP contribution >= 0.6 is 0 Å². The zero-order valence-corrected chi connectivity index (χ0v) is 11.5. The van der Waals surface area contributed by atoms with Gasteiger partial charge in [-0.1, -0.05) is 30.3 Å². The van der Waals surface area contributed by atoms with Crippen LogP contribution in [0.4, 0.5) is 0 Å². The van der Waals surface area contributed by atoms with Crippen molar-refractivity contribution in [2.24, 2.45) is 0 Å².